The maximum atomic E-state index is 12.1. The molecule has 1 aliphatic rings. The van der Waals surface area contributed by atoms with Gasteiger partial charge in [-0.2, -0.15) is 4.89 Å². The third kappa shape index (κ3) is 3.52. The number of hydrogen-bond donors (Lipinski definition) is 1. The lowest BCUT2D eigenvalue weighted by Gasteiger charge is -2.45. The Labute approximate surface area is 159 Å². The molecule has 0 aliphatic carbocycles. The van der Waals surface area contributed by atoms with Gasteiger partial charge in [0.15, 0.2) is 5.60 Å². The number of hydrogen-bond acceptors (Lipinski definition) is 4. The van der Waals surface area contributed by atoms with Gasteiger partial charge in [-0.15, -0.1) is 0 Å². The standard InChI is InChI=1S/C19H18BrClO4/c1-12(22)17-11-19(25-24-18(17,2)23,13-3-7-15(20)8-4-13)14-5-9-16(21)10-6-14/h3-10,17,23H,11H2,1-2H3. The number of halogens is 2. The molecule has 6 heteroatoms. The van der Waals surface area contributed by atoms with Crippen molar-refractivity contribution in [1.29, 1.82) is 0 Å². The number of carbonyl (C=O) groups is 1. The van der Waals surface area contributed by atoms with Crippen LogP contribution in [0.15, 0.2) is 53.0 Å². The quantitative estimate of drug-likeness (QED) is 0.730. The van der Waals surface area contributed by atoms with Gasteiger partial charge in [-0.3, -0.25) is 4.79 Å². The molecule has 0 spiro atoms. The van der Waals surface area contributed by atoms with Crippen LogP contribution in [0.4, 0.5) is 0 Å². The minimum absolute atomic E-state index is 0.163. The van der Waals surface area contributed by atoms with Crippen molar-refractivity contribution < 1.29 is 19.7 Å². The third-order valence-corrected chi connectivity index (χ3v) is 5.38. The van der Waals surface area contributed by atoms with E-state index in [0.717, 1.165) is 15.6 Å². The Kier molecular flexibility index (Phi) is 5.06. The summed E-state index contributed by atoms with van der Waals surface area (Å²) in [7, 11) is 0. The molecule has 0 radical (unpaired) electrons. The zero-order valence-electron chi connectivity index (χ0n) is 13.8. The molecule has 0 bridgehead atoms. The van der Waals surface area contributed by atoms with Gasteiger partial charge in [-0.1, -0.05) is 51.8 Å². The Morgan fingerprint density at radius 2 is 1.64 bits per heavy atom. The first-order chi connectivity index (χ1) is 11.7. The highest BCUT2D eigenvalue weighted by Crippen LogP contribution is 2.47. The highest BCUT2D eigenvalue weighted by molar-refractivity contribution is 9.10. The normalized spacial score (nSPS) is 29.4. The predicted octanol–water partition coefficient (Wildman–Crippen LogP) is 4.61. The first-order valence-electron chi connectivity index (χ1n) is 7.86. The van der Waals surface area contributed by atoms with Crippen LogP contribution in [-0.4, -0.2) is 16.7 Å². The topological polar surface area (TPSA) is 55.8 Å². The maximum absolute atomic E-state index is 12.1. The fourth-order valence-electron chi connectivity index (χ4n) is 3.18. The van der Waals surface area contributed by atoms with Crippen LogP contribution in [-0.2, 0) is 20.2 Å². The Morgan fingerprint density at radius 1 is 1.12 bits per heavy atom. The Morgan fingerprint density at radius 3 is 2.16 bits per heavy atom. The van der Waals surface area contributed by atoms with Crippen LogP contribution in [0.5, 0.6) is 0 Å². The van der Waals surface area contributed by atoms with Crippen molar-refractivity contribution in [2.75, 3.05) is 0 Å². The van der Waals surface area contributed by atoms with Crippen LogP contribution in [0.1, 0.15) is 31.4 Å². The van der Waals surface area contributed by atoms with Crippen molar-refractivity contribution in [3.8, 4) is 0 Å². The molecule has 3 unspecified atom stereocenters. The summed E-state index contributed by atoms with van der Waals surface area (Å²) in [6, 6.07) is 14.8. The molecule has 2 aromatic rings. The van der Waals surface area contributed by atoms with E-state index in [9.17, 15) is 9.90 Å². The Hall–Kier alpha value is -1.24. The zero-order valence-corrected chi connectivity index (χ0v) is 16.2. The minimum Gasteiger partial charge on any atom is -0.363 e. The van der Waals surface area contributed by atoms with Gasteiger partial charge in [0.1, 0.15) is 5.78 Å². The molecule has 1 saturated heterocycles. The molecule has 0 aromatic heterocycles. The van der Waals surface area contributed by atoms with E-state index in [0.29, 0.717) is 5.02 Å². The molecule has 1 fully saturated rings. The average molecular weight is 426 g/mol. The van der Waals surface area contributed by atoms with Gasteiger partial charge in [0.25, 0.3) is 0 Å². The van der Waals surface area contributed by atoms with E-state index < -0.39 is 17.3 Å². The van der Waals surface area contributed by atoms with Crippen molar-refractivity contribution >= 4 is 33.3 Å². The minimum atomic E-state index is -1.68. The Bertz CT molecular complexity index is 726. The molecule has 132 valence electrons. The smallest absolute Gasteiger partial charge is 0.206 e. The van der Waals surface area contributed by atoms with Crippen LogP contribution in [0.2, 0.25) is 5.02 Å². The monoisotopic (exact) mass is 424 g/mol. The van der Waals surface area contributed by atoms with E-state index in [1.807, 2.05) is 36.4 Å². The number of aliphatic hydroxyl groups is 1. The second kappa shape index (κ2) is 6.82. The fraction of sp³-hybridized carbons (Fsp3) is 0.316. The van der Waals surface area contributed by atoms with E-state index in [1.165, 1.54) is 13.8 Å². The zero-order chi connectivity index (χ0) is 18.2. The predicted molar refractivity (Wildman–Crippen MR) is 98.0 cm³/mol. The molecule has 1 heterocycles. The van der Waals surface area contributed by atoms with Crippen molar-refractivity contribution in [2.24, 2.45) is 5.92 Å². The molecule has 4 nitrogen and oxygen atoms in total. The van der Waals surface area contributed by atoms with Crippen LogP contribution in [0.3, 0.4) is 0 Å². The average Bonchev–Trinajstić information content (AvgIpc) is 2.56. The van der Waals surface area contributed by atoms with E-state index >= 15 is 0 Å². The Balaban J connectivity index is 2.14. The lowest BCUT2D eigenvalue weighted by Crippen LogP contribution is -2.53. The second-order valence-corrected chi connectivity index (χ2v) is 7.78. The molecule has 25 heavy (non-hydrogen) atoms. The van der Waals surface area contributed by atoms with Gasteiger partial charge >= 0.3 is 0 Å². The van der Waals surface area contributed by atoms with E-state index in [-0.39, 0.29) is 12.2 Å². The van der Waals surface area contributed by atoms with E-state index in [1.54, 1.807) is 12.1 Å². The number of ketones is 1. The van der Waals surface area contributed by atoms with Gasteiger partial charge in [-0.25, -0.2) is 4.89 Å². The largest absolute Gasteiger partial charge is 0.363 e. The lowest BCUT2D eigenvalue weighted by molar-refractivity contribution is -0.487. The van der Waals surface area contributed by atoms with Crippen LogP contribution < -0.4 is 0 Å². The van der Waals surface area contributed by atoms with Crippen LogP contribution >= 0.6 is 27.5 Å². The summed E-state index contributed by atoms with van der Waals surface area (Å²) in [5, 5.41) is 11.0. The highest BCUT2D eigenvalue weighted by Gasteiger charge is 2.52. The first kappa shape index (κ1) is 18.5. The summed E-state index contributed by atoms with van der Waals surface area (Å²) in [6.07, 6.45) is 0.249. The second-order valence-electron chi connectivity index (χ2n) is 6.43. The van der Waals surface area contributed by atoms with Crippen molar-refractivity contribution in [3.05, 3.63) is 69.2 Å². The van der Waals surface area contributed by atoms with Crippen LogP contribution in [0.25, 0.3) is 0 Å². The molecule has 3 rings (SSSR count). The van der Waals surface area contributed by atoms with Crippen molar-refractivity contribution in [2.45, 2.75) is 31.7 Å². The molecular weight excluding hydrogens is 408 g/mol. The number of Topliss-reactive ketones (excluding diaryl/α,β-unsaturated/α-hetero) is 1. The highest BCUT2D eigenvalue weighted by atomic mass is 79.9. The van der Waals surface area contributed by atoms with Gasteiger partial charge in [0.05, 0.1) is 5.92 Å². The van der Waals surface area contributed by atoms with E-state index in [4.69, 9.17) is 21.4 Å². The molecule has 2 aromatic carbocycles. The molecular formula is C19H18BrClO4. The molecule has 1 N–H and O–H groups in total. The van der Waals surface area contributed by atoms with Crippen LogP contribution in [0, 0.1) is 5.92 Å². The number of carbonyl (C=O) groups excluding carboxylic acids is 1. The van der Waals surface area contributed by atoms with Crippen molar-refractivity contribution in [1.82, 2.24) is 0 Å². The van der Waals surface area contributed by atoms with Gasteiger partial charge in [-0.05, 0) is 49.2 Å². The van der Waals surface area contributed by atoms with Gasteiger partial charge in [0.2, 0.25) is 5.79 Å². The molecule has 0 saturated carbocycles. The summed E-state index contributed by atoms with van der Waals surface area (Å²) in [5.74, 6) is -2.58. The summed E-state index contributed by atoms with van der Waals surface area (Å²) in [5.41, 5.74) is 0.588. The summed E-state index contributed by atoms with van der Waals surface area (Å²) in [6.45, 7) is 2.88. The SMILES string of the molecule is CC(=O)C1CC(c2ccc(Cl)cc2)(c2ccc(Br)cc2)OOC1(C)O. The molecule has 0 amide bonds. The fourth-order valence-corrected chi connectivity index (χ4v) is 3.57. The molecule has 1 aliphatic heterocycles. The lowest BCUT2D eigenvalue weighted by atomic mass is 9.75. The number of rotatable bonds is 3. The summed E-state index contributed by atoms with van der Waals surface area (Å²) < 4.78 is 0.925. The molecule has 3 atom stereocenters. The number of benzene rings is 2. The summed E-state index contributed by atoms with van der Waals surface area (Å²) in [4.78, 5) is 23.2. The third-order valence-electron chi connectivity index (χ3n) is 4.60. The van der Waals surface area contributed by atoms with E-state index in [2.05, 4.69) is 15.9 Å². The first-order valence-corrected chi connectivity index (χ1v) is 9.03. The van der Waals surface area contributed by atoms with Gasteiger partial charge in [0, 0.05) is 15.9 Å². The van der Waals surface area contributed by atoms with Gasteiger partial charge < -0.3 is 5.11 Å². The summed E-state index contributed by atoms with van der Waals surface area (Å²) >= 11 is 9.44. The maximum Gasteiger partial charge on any atom is 0.206 e. The van der Waals surface area contributed by atoms with Crippen molar-refractivity contribution in [3.63, 3.8) is 0 Å².